The summed E-state index contributed by atoms with van der Waals surface area (Å²) in [6, 6.07) is 6.07. The topological polar surface area (TPSA) is 45.6 Å². The molecule has 3 atom stereocenters. The molecule has 146 valence electrons. The van der Waals surface area contributed by atoms with Crippen LogP contribution in [-0.4, -0.2) is 52.5 Å². The van der Waals surface area contributed by atoms with Gasteiger partial charge in [-0.1, -0.05) is 19.1 Å². The van der Waals surface area contributed by atoms with Gasteiger partial charge in [0.1, 0.15) is 0 Å². The Morgan fingerprint density at radius 2 is 2.11 bits per heavy atom. The summed E-state index contributed by atoms with van der Waals surface area (Å²) in [5, 5.41) is 0. The van der Waals surface area contributed by atoms with E-state index in [4.69, 9.17) is 0 Å². The monoisotopic (exact) mass is 369 g/mol. The Morgan fingerprint density at radius 1 is 1.22 bits per heavy atom. The molecule has 27 heavy (non-hydrogen) atoms. The van der Waals surface area contributed by atoms with E-state index in [1.807, 2.05) is 16.7 Å². The van der Waals surface area contributed by atoms with Crippen molar-refractivity contribution in [2.45, 2.75) is 57.5 Å². The van der Waals surface area contributed by atoms with Gasteiger partial charge in [-0.15, -0.1) is 0 Å². The van der Waals surface area contributed by atoms with Gasteiger partial charge in [-0.3, -0.25) is 14.5 Å². The highest BCUT2D eigenvalue weighted by Crippen LogP contribution is 2.34. The van der Waals surface area contributed by atoms with Crippen molar-refractivity contribution in [3.8, 4) is 0 Å². The van der Waals surface area contributed by atoms with Gasteiger partial charge >= 0.3 is 0 Å². The molecule has 0 spiro atoms. The lowest BCUT2D eigenvalue weighted by Crippen LogP contribution is -2.47. The maximum atomic E-state index is 12.6. The van der Waals surface area contributed by atoms with Crippen molar-refractivity contribution in [2.24, 2.45) is 5.92 Å². The molecule has 3 aliphatic rings. The number of hydrogen-bond donors (Lipinski definition) is 0. The van der Waals surface area contributed by atoms with Crippen LogP contribution in [0, 0.1) is 5.92 Å². The zero-order valence-electron chi connectivity index (χ0n) is 16.3. The summed E-state index contributed by atoms with van der Waals surface area (Å²) in [4.78, 5) is 29.2. The van der Waals surface area contributed by atoms with Crippen molar-refractivity contribution in [3.63, 3.8) is 0 Å². The minimum atomic E-state index is 0.133. The molecule has 2 saturated heterocycles. The van der Waals surface area contributed by atoms with E-state index in [9.17, 15) is 9.59 Å². The number of likely N-dealkylation sites (tertiary alicyclic amines) is 2. The van der Waals surface area contributed by atoms with Gasteiger partial charge < -0.3 is 9.47 Å². The third-order valence-electron chi connectivity index (χ3n) is 6.56. The van der Waals surface area contributed by atoms with E-state index in [0.29, 0.717) is 17.9 Å². The highest BCUT2D eigenvalue weighted by atomic mass is 16.2. The SMILES string of the molecule is CC[C@H]1CCCCN1C(=O)/C=C/CN1C[C@@H]2C[C@H](C1)c1cccc(=O)n1C2. The molecule has 5 nitrogen and oxygen atoms in total. The highest BCUT2D eigenvalue weighted by molar-refractivity contribution is 5.87. The summed E-state index contributed by atoms with van der Waals surface area (Å²) >= 11 is 0. The quantitative estimate of drug-likeness (QED) is 0.767. The van der Waals surface area contributed by atoms with Crippen molar-refractivity contribution in [2.75, 3.05) is 26.2 Å². The lowest BCUT2D eigenvalue weighted by Gasteiger charge is -2.42. The van der Waals surface area contributed by atoms with Crippen molar-refractivity contribution in [3.05, 3.63) is 46.4 Å². The third-order valence-corrected chi connectivity index (χ3v) is 6.56. The largest absolute Gasteiger partial charge is 0.336 e. The molecular formula is C22H31N3O2. The van der Waals surface area contributed by atoms with Crippen LogP contribution >= 0.6 is 0 Å². The molecule has 1 amide bonds. The first-order chi connectivity index (χ1) is 13.2. The summed E-state index contributed by atoms with van der Waals surface area (Å²) in [5.41, 5.74) is 1.32. The number of carbonyl (C=O) groups excluding carboxylic acids is 1. The number of carbonyl (C=O) groups is 1. The molecule has 5 heteroatoms. The Bertz CT molecular complexity index is 769. The van der Waals surface area contributed by atoms with E-state index in [0.717, 1.165) is 52.0 Å². The van der Waals surface area contributed by atoms with E-state index in [2.05, 4.69) is 22.8 Å². The van der Waals surface area contributed by atoms with Crippen LogP contribution in [-0.2, 0) is 11.3 Å². The van der Waals surface area contributed by atoms with Crippen LogP contribution in [0.3, 0.4) is 0 Å². The Labute approximate surface area is 161 Å². The fourth-order valence-corrected chi connectivity index (χ4v) is 5.26. The first kappa shape index (κ1) is 18.5. The van der Waals surface area contributed by atoms with Crippen LogP contribution in [0.5, 0.6) is 0 Å². The van der Waals surface area contributed by atoms with Gasteiger partial charge in [0.05, 0.1) is 0 Å². The zero-order valence-corrected chi connectivity index (χ0v) is 16.3. The van der Waals surface area contributed by atoms with Gasteiger partial charge in [0.15, 0.2) is 0 Å². The molecule has 0 radical (unpaired) electrons. The van der Waals surface area contributed by atoms with E-state index in [-0.39, 0.29) is 11.5 Å². The summed E-state index contributed by atoms with van der Waals surface area (Å²) in [6.45, 7) is 6.71. The lowest BCUT2D eigenvalue weighted by atomic mass is 9.83. The number of fused-ring (bicyclic) bond motifs is 4. The Morgan fingerprint density at radius 3 is 2.96 bits per heavy atom. The minimum Gasteiger partial charge on any atom is -0.336 e. The molecule has 0 unspecified atom stereocenters. The highest BCUT2D eigenvalue weighted by Gasteiger charge is 2.34. The second-order valence-electron chi connectivity index (χ2n) is 8.41. The van der Waals surface area contributed by atoms with Gasteiger partial charge in [-0.2, -0.15) is 0 Å². The molecule has 2 bridgehead atoms. The van der Waals surface area contributed by atoms with Crippen molar-refractivity contribution in [1.29, 1.82) is 0 Å². The molecule has 1 aromatic heterocycles. The van der Waals surface area contributed by atoms with Gasteiger partial charge in [-0.05, 0) is 44.1 Å². The van der Waals surface area contributed by atoms with Crippen molar-refractivity contribution in [1.82, 2.24) is 14.4 Å². The Balaban J connectivity index is 1.37. The molecular weight excluding hydrogens is 338 g/mol. The number of aromatic nitrogens is 1. The van der Waals surface area contributed by atoms with E-state index in [1.165, 1.54) is 18.5 Å². The summed E-state index contributed by atoms with van der Waals surface area (Å²) < 4.78 is 1.97. The predicted octanol–water partition coefficient (Wildman–Crippen LogP) is 2.61. The van der Waals surface area contributed by atoms with E-state index >= 15 is 0 Å². The Hall–Kier alpha value is -1.88. The van der Waals surface area contributed by atoms with Gasteiger partial charge in [0.25, 0.3) is 5.56 Å². The standard InChI is InChI=1S/C22H31N3O2/c1-2-19-7-3-4-12-24(19)21(26)10-6-11-23-14-17-13-18(16-23)20-8-5-9-22(27)25(20)15-17/h5-6,8-10,17-19H,2-4,7,11-16H2,1H3/b10-6+/t17-,18+,19-/m0/s1. The van der Waals surface area contributed by atoms with Crippen LogP contribution in [0.2, 0.25) is 0 Å². The predicted molar refractivity (Wildman–Crippen MR) is 107 cm³/mol. The number of hydrogen-bond acceptors (Lipinski definition) is 3. The van der Waals surface area contributed by atoms with Crippen LogP contribution in [0.1, 0.15) is 50.6 Å². The van der Waals surface area contributed by atoms with Crippen molar-refractivity contribution >= 4 is 5.91 Å². The maximum Gasteiger partial charge on any atom is 0.250 e. The van der Waals surface area contributed by atoms with Gasteiger partial charge in [-0.25, -0.2) is 0 Å². The van der Waals surface area contributed by atoms with Crippen LogP contribution < -0.4 is 5.56 Å². The zero-order chi connectivity index (χ0) is 18.8. The van der Waals surface area contributed by atoms with Gasteiger partial charge in [0.2, 0.25) is 5.91 Å². The number of rotatable bonds is 4. The van der Waals surface area contributed by atoms with Crippen LogP contribution in [0.15, 0.2) is 35.1 Å². The second kappa shape index (κ2) is 8.01. The normalized spacial score (nSPS) is 28.3. The summed E-state index contributed by atoms with van der Waals surface area (Å²) in [5.74, 6) is 1.14. The fraction of sp³-hybridized carbons (Fsp3) is 0.636. The van der Waals surface area contributed by atoms with E-state index < -0.39 is 0 Å². The summed E-state index contributed by atoms with van der Waals surface area (Å²) in [7, 11) is 0. The number of pyridine rings is 1. The fourth-order valence-electron chi connectivity index (χ4n) is 5.26. The second-order valence-corrected chi connectivity index (χ2v) is 8.41. The summed E-state index contributed by atoms with van der Waals surface area (Å²) in [6.07, 6.45) is 9.57. The number of nitrogens with zero attached hydrogens (tertiary/aromatic N) is 3. The number of amides is 1. The molecule has 1 aromatic rings. The third kappa shape index (κ3) is 3.88. The molecule has 3 aliphatic heterocycles. The van der Waals surface area contributed by atoms with Crippen LogP contribution in [0.4, 0.5) is 0 Å². The van der Waals surface area contributed by atoms with Gasteiger partial charge in [0, 0.05) is 62.5 Å². The molecule has 0 aliphatic carbocycles. The van der Waals surface area contributed by atoms with Crippen LogP contribution in [0.25, 0.3) is 0 Å². The first-order valence-corrected chi connectivity index (χ1v) is 10.5. The average Bonchev–Trinajstić information content (AvgIpc) is 2.68. The smallest absolute Gasteiger partial charge is 0.250 e. The maximum absolute atomic E-state index is 12.6. The minimum absolute atomic E-state index is 0.133. The molecule has 2 fully saturated rings. The molecule has 0 saturated carbocycles. The molecule has 0 N–H and O–H groups in total. The number of piperidine rings is 2. The van der Waals surface area contributed by atoms with E-state index in [1.54, 1.807) is 12.1 Å². The van der Waals surface area contributed by atoms with Crippen molar-refractivity contribution < 1.29 is 4.79 Å². The first-order valence-electron chi connectivity index (χ1n) is 10.5. The lowest BCUT2D eigenvalue weighted by molar-refractivity contribution is -0.129. The average molecular weight is 370 g/mol. The Kier molecular flexibility index (Phi) is 5.48. The molecule has 4 heterocycles. The molecule has 4 rings (SSSR count). The molecule has 0 aromatic carbocycles.